The number of hydrogen-bond donors (Lipinski definition) is 1. The van der Waals surface area contributed by atoms with Gasteiger partial charge in [0.1, 0.15) is 21.7 Å². The minimum Gasteiger partial charge on any atom is -0.497 e. The zero-order valence-corrected chi connectivity index (χ0v) is 15.9. The number of anilines is 1. The summed E-state index contributed by atoms with van der Waals surface area (Å²) < 4.78 is 12.7. The molecule has 0 atom stereocenters. The van der Waals surface area contributed by atoms with Gasteiger partial charge in [-0.25, -0.2) is 4.98 Å². The molecule has 0 aliphatic rings. The second kappa shape index (κ2) is 8.01. The fourth-order valence-corrected chi connectivity index (χ4v) is 2.71. The molecule has 0 unspecified atom stereocenters. The van der Waals surface area contributed by atoms with Crippen molar-refractivity contribution in [1.29, 1.82) is 0 Å². The quantitative estimate of drug-likeness (QED) is 0.623. The lowest BCUT2D eigenvalue weighted by atomic mass is 10.2. The van der Waals surface area contributed by atoms with Gasteiger partial charge in [-0.15, -0.1) is 5.10 Å². The largest absolute Gasteiger partial charge is 0.497 e. The highest BCUT2D eigenvalue weighted by molar-refractivity contribution is 9.10. The first-order chi connectivity index (χ1) is 12.6. The van der Waals surface area contributed by atoms with Crippen LogP contribution in [0.4, 0.5) is 5.82 Å². The Labute approximate surface area is 159 Å². The number of pyridine rings is 1. The molecule has 0 spiro atoms. The second-order valence-corrected chi connectivity index (χ2v) is 6.21. The van der Waals surface area contributed by atoms with E-state index in [1.54, 1.807) is 36.2 Å². The molecule has 26 heavy (non-hydrogen) atoms. The van der Waals surface area contributed by atoms with Gasteiger partial charge in [-0.2, -0.15) is 0 Å². The molecule has 2 aromatic heterocycles. The molecule has 1 amide bonds. The van der Waals surface area contributed by atoms with E-state index in [2.05, 4.69) is 31.3 Å². The van der Waals surface area contributed by atoms with E-state index in [9.17, 15) is 4.79 Å². The third kappa shape index (κ3) is 4.20. The summed E-state index contributed by atoms with van der Waals surface area (Å²) in [5.74, 6) is 1.14. The maximum Gasteiger partial charge on any atom is 0.263 e. The number of carbonyl (C=O) groups excluding carboxylic acids is 1. The van der Waals surface area contributed by atoms with Crippen LogP contribution in [0, 0.1) is 0 Å². The maximum atomic E-state index is 12.5. The molecular formula is C18H17BrN4O3. The van der Waals surface area contributed by atoms with Crippen LogP contribution >= 0.6 is 15.9 Å². The van der Waals surface area contributed by atoms with Gasteiger partial charge < -0.3 is 14.8 Å². The zero-order valence-electron chi connectivity index (χ0n) is 14.3. The van der Waals surface area contributed by atoms with Crippen molar-refractivity contribution in [2.75, 3.05) is 19.5 Å². The van der Waals surface area contributed by atoms with Gasteiger partial charge in [-0.3, -0.25) is 9.48 Å². The number of carbonyl (C=O) groups is 1. The highest BCUT2D eigenvalue weighted by Gasteiger charge is 2.18. The van der Waals surface area contributed by atoms with Crippen LogP contribution < -0.4 is 14.8 Å². The SMILES string of the molecule is COc1ccc(Cn2cc(C(=O)Nc3cccc(Br)n3)c(OC)n2)cc1. The van der Waals surface area contributed by atoms with Gasteiger partial charge in [0.2, 0.25) is 5.88 Å². The van der Waals surface area contributed by atoms with E-state index in [-0.39, 0.29) is 11.8 Å². The summed E-state index contributed by atoms with van der Waals surface area (Å²) in [6.45, 7) is 0.503. The minimum atomic E-state index is -0.339. The van der Waals surface area contributed by atoms with Crippen LogP contribution in [0.5, 0.6) is 11.6 Å². The Bertz CT molecular complexity index is 909. The summed E-state index contributed by atoms with van der Waals surface area (Å²) in [6.07, 6.45) is 1.65. The van der Waals surface area contributed by atoms with Gasteiger partial charge in [-0.05, 0) is 45.8 Å². The number of nitrogens with one attached hydrogen (secondary N) is 1. The Morgan fingerprint density at radius 3 is 2.58 bits per heavy atom. The molecule has 134 valence electrons. The molecule has 8 heteroatoms. The fourth-order valence-electron chi connectivity index (χ4n) is 2.37. The van der Waals surface area contributed by atoms with Crippen LogP contribution in [0.25, 0.3) is 0 Å². The summed E-state index contributed by atoms with van der Waals surface area (Å²) in [5, 5.41) is 7.06. The summed E-state index contributed by atoms with van der Waals surface area (Å²) >= 11 is 3.28. The zero-order chi connectivity index (χ0) is 18.5. The molecule has 7 nitrogen and oxygen atoms in total. The van der Waals surface area contributed by atoms with Crippen molar-refractivity contribution in [3.05, 3.63) is 64.4 Å². The van der Waals surface area contributed by atoms with E-state index >= 15 is 0 Å². The maximum absolute atomic E-state index is 12.5. The lowest BCUT2D eigenvalue weighted by Gasteiger charge is -2.04. The Kier molecular flexibility index (Phi) is 5.52. The third-order valence-corrected chi connectivity index (χ3v) is 4.07. The van der Waals surface area contributed by atoms with Gasteiger partial charge in [0, 0.05) is 6.20 Å². The van der Waals surface area contributed by atoms with Gasteiger partial charge >= 0.3 is 0 Å². The van der Waals surface area contributed by atoms with E-state index in [0.29, 0.717) is 22.5 Å². The van der Waals surface area contributed by atoms with Gasteiger partial charge in [0.05, 0.1) is 20.8 Å². The number of halogens is 1. The molecule has 1 aromatic carbocycles. The molecule has 0 aliphatic heterocycles. The lowest BCUT2D eigenvalue weighted by Crippen LogP contribution is -2.13. The monoisotopic (exact) mass is 416 g/mol. The van der Waals surface area contributed by atoms with Crippen LogP contribution in [0.3, 0.4) is 0 Å². The average Bonchev–Trinajstić information content (AvgIpc) is 3.05. The smallest absolute Gasteiger partial charge is 0.263 e. The molecule has 0 radical (unpaired) electrons. The molecule has 0 saturated heterocycles. The fraction of sp³-hybridized carbons (Fsp3) is 0.167. The Morgan fingerprint density at radius 2 is 1.92 bits per heavy atom. The summed E-state index contributed by atoms with van der Waals surface area (Å²) in [7, 11) is 3.10. The van der Waals surface area contributed by atoms with Crippen LogP contribution in [0.15, 0.2) is 53.3 Å². The predicted octanol–water partition coefficient (Wildman–Crippen LogP) is 3.36. The van der Waals surface area contributed by atoms with Crippen LogP contribution in [-0.4, -0.2) is 34.9 Å². The van der Waals surface area contributed by atoms with E-state index in [0.717, 1.165) is 11.3 Å². The molecule has 3 rings (SSSR count). The number of rotatable bonds is 6. The van der Waals surface area contributed by atoms with E-state index in [1.165, 1.54) is 7.11 Å². The van der Waals surface area contributed by atoms with Crippen molar-refractivity contribution in [3.63, 3.8) is 0 Å². The van der Waals surface area contributed by atoms with Crippen molar-refractivity contribution in [2.24, 2.45) is 0 Å². The summed E-state index contributed by atoms with van der Waals surface area (Å²) in [5.41, 5.74) is 1.36. The molecule has 1 N–H and O–H groups in total. The molecule has 3 aromatic rings. The number of benzene rings is 1. The van der Waals surface area contributed by atoms with E-state index in [4.69, 9.17) is 9.47 Å². The Balaban J connectivity index is 1.78. The van der Waals surface area contributed by atoms with Crippen molar-refractivity contribution >= 4 is 27.7 Å². The number of nitrogens with zero attached hydrogens (tertiary/aromatic N) is 3. The standard InChI is InChI=1S/C18H17BrN4O3/c1-25-13-8-6-12(7-9-13)10-23-11-14(18(22-23)26-2)17(24)21-16-5-3-4-15(19)20-16/h3-9,11H,10H2,1-2H3,(H,20,21,24). The van der Waals surface area contributed by atoms with Gasteiger partial charge in [-0.1, -0.05) is 18.2 Å². The van der Waals surface area contributed by atoms with Crippen molar-refractivity contribution in [3.8, 4) is 11.6 Å². The highest BCUT2D eigenvalue weighted by atomic mass is 79.9. The topological polar surface area (TPSA) is 78.3 Å². The predicted molar refractivity (Wildman–Crippen MR) is 101 cm³/mol. The van der Waals surface area contributed by atoms with Crippen LogP contribution in [0.1, 0.15) is 15.9 Å². The lowest BCUT2D eigenvalue weighted by molar-refractivity contribution is 0.102. The number of methoxy groups -OCH3 is 2. The number of amides is 1. The Morgan fingerprint density at radius 1 is 1.15 bits per heavy atom. The van der Waals surface area contributed by atoms with Crippen molar-refractivity contribution in [1.82, 2.24) is 14.8 Å². The molecule has 2 heterocycles. The molecule has 0 bridgehead atoms. The molecule has 0 saturated carbocycles. The summed E-state index contributed by atoms with van der Waals surface area (Å²) in [4.78, 5) is 16.7. The first-order valence-corrected chi connectivity index (χ1v) is 8.56. The first-order valence-electron chi connectivity index (χ1n) is 7.77. The van der Waals surface area contributed by atoms with Gasteiger partial charge in [0.25, 0.3) is 5.91 Å². The van der Waals surface area contributed by atoms with E-state index < -0.39 is 0 Å². The molecule has 0 aliphatic carbocycles. The summed E-state index contributed by atoms with van der Waals surface area (Å²) in [6, 6.07) is 12.9. The molecule has 0 fully saturated rings. The second-order valence-electron chi connectivity index (χ2n) is 5.40. The minimum absolute atomic E-state index is 0.256. The highest BCUT2D eigenvalue weighted by Crippen LogP contribution is 2.19. The van der Waals surface area contributed by atoms with Crippen LogP contribution in [0.2, 0.25) is 0 Å². The average molecular weight is 417 g/mol. The van der Waals surface area contributed by atoms with Crippen LogP contribution in [-0.2, 0) is 6.54 Å². The number of aromatic nitrogens is 3. The first kappa shape index (κ1) is 17.9. The van der Waals surface area contributed by atoms with Crippen molar-refractivity contribution in [2.45, 2.75) is 6.54 Å². The number of hydrogen-bond acceptors (Lipinski definition) is 5. The van der Waals surface area contributed by atoms with E-state index in [1.807, 2.05) is 24.3 Å². The number of ether oxygens (including phenoxy) is 2. The third-order valence-electron chi connectivity index (χ3n) is 3.63. The normalized spacial score (nSPS) is 10.4. The molecular weight excluding hydrogens is 400 g/mol. The van der Waals surface area contributed by atoms with Crippen molar-refractivity contribution < 1.29 is 14.3 Å². The van der Waals surface area contributed by atoms with Gasteiger partial charge in [0.15, 0.2) is 0 Å². The Hall–Kier alpha value is -2.87.